The number of aromatic carboxylic acids is 1. The molecule has 0 fully saturated rings. The number of H-pyrrole nitrogens is 1. The highest BCUT2D eigenvalue weighted by Crippen LogP contribution is 2.10. The molecule has 1 heterocycles. The third kappa shape index (κ3) is 4.82. The predicted octanol–water partition coefficient (Wildman–Crippen LogP) is 0.0412. The number of nitrogen functional groups attached to an aromatic ring is 1. The molecule has 0 saturated heterocycles. The molecule has 0 bridgehead atoms. The molecule has 2 aromatic rings. The number of hydrogen-bond acceptors (Lipinski definition) is 5. The van der Waals surface area contributed by atoms with E-state index in [-0.39, 0.29) is 11.3 Å². The van der Waals surface area contributed by atoms with Gasteiger partial charge in [-0.15, -0.1) is 0 Å². The van der Waals surface area contributed by atoms with E-state index in [1.165, 1.54) is 0 Å². The molecule has 0 amide bonds. The number of carboxylic acids is 1. The number of nitrogens with zero attached hydrogens (tertiary/aromatic N) is 1. The summed E-state index contributed by atoms with van der Waals surface area (Å²) >= 11 is 0. The number of hydrogen-bond donors (Lipinski definition) is 1. The second kappa shape index (κ2) is 6.70. The van der Waals surface area contributed by atoms with Crippen LogP contribution in [0.4, 0.5) is 11.4 Å². The number of carbonyl (C=O) groups excluding carboxylic acids is 1. The second-order valence-corrected chi connectivity index (χ2v) is 3.42. The van der Waals surface area contributed by atoms with Crippen LogP contribution in [0.3, 0.4) is 0 Å². The van der Waals surface area contributed by atoms with Crippen molar-refractivity contribution in [2.24, 2.45) is 0 Å². The first kappa shape index (κ1) is 14.1. The molecule has 0 radical (unpaired) electrons. The molecule has 19 heavy (non-hydrogen) atoms. The molecule has 0 unspecified atom stereocenters. The van der Waals surface area contributed by atoms with Crippen LogP contribution in [0.2, 0.25) is 0 Å². The van der Waals surface area contributed by atoms with Gasteiger partial charge >= 0.3 is 0 Å². The van der Waals surface area contributed by atoms with Gasteiger partial charge < -0.3 is 15.6 Å². The molecule has 0 aliphatic heterocycles. The van der Waals surface area contributed by atoms with Gasteiger partial charge in [0.15, 0.2) is 12.4 Å². The van der Waals surface area contributed by atoms with Crippen LogP contribution in [-0.4, -0.2) is 10.9 Å². The smallest absolute Gasteiger partial charge is 0.269 e. The zero-order valence-corrected chi connectivity index (χ0v) is 9.78. The van der Waals surface area contributed by atoms with Crippen LogP contribution in [0.1, 0.15) is 10.4 Å². The van der Waals surface area contributed by atoms with E-state index in [9.17, 15) is 20.0 Å². The standard InChI is InChI=1S/C7H5NO4.C5H6N2/c9-7(10)5-1-3-6(4-2-5)8(11)12;6-5-1-3-7-4-2-5/h1-4H,(H,9,10);1-4H,(H2,6,7). The number of pyridine rings is 1. The highest BCUT2D eigenvalue weighted by molar-refractivity contribution is 5.85. The van der Waals surface area contributed by atoms with Crippen molar-refractivity contribution >= 4 is 17.3 Å². The number of aromatic amines is 1. The van der Waals surface area contributed by atoms with Gasteiger partial charge in [0.05, 0.1) is 10.9 Å². The summed E-state index contributed by atoms with van der Waals surface area (Å²) in [6, 6.07) is 8.11. The Morgan fingerprint density at radius 3 is 1.95 bits per heavy atom. The van der Waals surface area contributed by atoms with Crippen LogP contribution in [0.5, 0.6) is 0 Å². The number of aromatic nitrogens is 1. The summed E-state index contributed by atoms with van der Waals surface area (Å²) in [7, 11) is 0. The van der Waals surface area contributed by atoms with E-state index in [1.54, 1.807) is 24.5 Å². The zero-order valence-electron chi connectivity index (χ0n) is 9.78. The molecule has 7 heteroatoms. The number of non-ortho nitro benzene ring substituents is 1. The molecule has 0 aliphatic rings. The van der Waals surface area contributed by atoms with E-state index in [1.807, 2.05) is 0 Å². The van der Waals surface area contributed by atoms with Crippen LogP contribution in [0.25, 0.3) is 0 Å². The average molecular weight is 261 g/mol. The Kier molecular flexibility index (Phi) is 4.97. The van der Waals surface area contributed by atoms with E-state index in [0.29, 0.717) is 0 Å². The van der Waals surface area contributed by atoms with E-state index in [4.69, 9.17) is 5.73 Å². The largest absolute Gasteiger partial charge is 0.545 e. The van der Waals surface area contributed by atoms with Crippen molar-refractivity contribution in [3.05, 3.63) is 64.5 Å². The van der Waals surface area contributed by atoms with Gasteiger partial charge in [-0.2, -0.15) is 0 Å². The van der Waals surface area contributed by atoms with Gasteiger partial charge in [-0.3, -0.25) is 10.1 Å². The highest BCUT2D eigenvalue weighted by atomic mass is 16.6. The van der Waals surface area contributed by atoms with Crippen LogP contribution >= 0.6 is 0 Å². The molecule has 1 aromatic heterocycles. The molecule has 0 aliphatic carbocycles. The Hall–Kier alpha value is -2.96. The summed E-state index contributed by atoms with van der Waals surface area (Å²) in [5, 5.41) is 20.3. The zero-order chi connectivity index (χ0) is 14.3. The summed E-state index contributed by atoms with van der Waals surface area (Å²) < 4.78 is 0. The van der Waals surface area contributed by atoms with E-state index in [2.05, 4.69) is 4.98 Å². The van der Waals surface area contributed by atoms with Crippen molar-refractivity contribution in [2.75, 3.05) is 5.73 Å². The van der Waals surface area contributed by atoms with Crippen molar-refractivity contribution in [2.45, 2.75) is 0 Å². The van der Waals surface area contributed by atoms with Gasteiger partial charge in [-0.05, 0) is 17.7 Å². The molecule has 7 nitrogen and oxygen atoms in total. The van der Waals surface area contributed by atoms with Gasteiger partial charge in [0.25, 0.3) is 5.69 Å². The Labute approximate surface area is 108 Å². The first-order valence-corrected chi connectivity index (χ1v) is 5.18. The van der Waals surface area contributed by atoms with Crippen molar-refractivity contribution in [1.82, 2.24) is 0 Å². The topological polar surface area (TPSA) is 123 Å². The minimum absolute atomic E-state index is 0.0689. The van der Waals surface area contributed by atoms with Gasteiger partial charge in [0, 0.05) is 30.0 Å². The minimum atomic E-state index is -1.34. The van der Waals surface area contributed by atoms with Gasteiger partial charge in [-0.1, -0.05) is 0 Å². The Balaban J connectivity index is 0.000000218. The Morgan fingerprint density at radius 1 is 1.11 bits per heavy atom. The van der Waals surface area contributed by atoms with Crippen molar-refractivity contribution in [3.8, 4) is 0 Å². The summed E-state index contributed by atoms with van der Waals surface area (Å²) in [5.74, 6) is -1.34. The minimum Gasteiger partial charge on any atom is -0.545 e. The first-order chi connectivity index (χ1) is 9.00. The third-order valence-electron chi connectivity index (χ3n) is 2.06. The maximum Gasteiger partial charge on any atom is 0.269 e. The molecule has 2 rings (SSSR count). The van der Waals surface area contributed by atoms with Crippen LogP contribution < -0.4 is 15.8 Å². The normalized spacial score (nSPS) is 9.05. The number of nitrogens with one attached hydrogen (secondary N) is 1. The number of carbonyl (C=O) groups is 1. The van der Waals surface area contributed by atoms with Crippen molar-refractivity contribution in [3.63, 3.8) is 0 Å². The number of rotatable bonds is 2. The lowest BCUT2D eigenvalue weighted by Gasteiger charge is -1.99. The van der Waals surface area contributed by atoms with Gasteiger partial charge in [0.2, 0.25) is 0 Å². The molecular formula is C12H11N3O4. The highest BCUT2D eigenvalue weighted by Gasteiger charge is 2.03. The summed E-state index contributed by atoms with van der Waals surface area (Å²) in [6.07, 6.45) is 3.57. The fourth-order valence-corrected chi connectivity index (χ4v) is 1.12. The van der Waals surface area contributed by atoms with E-state index >= 15 is 0 Å². The molecule has 0 atom stereocenters. The molecular weight excluding hydrogens is 250 g/mol. The Bertz CT molecular complexity index is 522. The molecule has 3 N–H and O–H groups in total. The third-order valence-corrected chi connectivity index (χ3v) is 2.06. The quantitative estimate of drug-likeness (QED) is 0.603. The number of carboxylic acid groups (broad SMARTS) is 1. The molecule has 0 saturated carbocycles. The number of nitro benzene ring substituents is 1. The number of nitro groups is 1. The molecule has 1 aromatic carbocycles. The van der Waals surface area contributed by atoms with Crippen LogP contribution in [0, 0.1) is 10.1 Å². The maximum absolute atomic E-state index is 10.2. The van der Waals surface area contributed by atoms with Gasteiger partial charge in [0.1, 0.15) is 0 Å². The summed E-state index contributed by atoms with van der Waals surface area (Å²) in [6.45, 7) is 0. The summed E-state index contributed by atoms with van der Waals surface area (Å²) in [5.41, 5.74) is 5.92. The molecule has 98 valence electrons. The second-order valence-electron chi connectivity index (χ2n) is 3.42. The van der Waals surface area contributed by atoms with Crippen LogP contribution in [-0.2, 0) is 0 Å². The Morgan fingerprint density at radius 2 is 1.63 bits per heavy atom. The average Bonchev–Trinajstić information content (AvgIpc) is 2.40. The SMILES string of the molecule is Nc1cc[nH+]cc1.O=C([O-])c1ccc([N+](=O)[O-])cc1. The van der Waals surface area contributed by atoms with Crippen molar-refractivity contribution in [1.29, 1.82) is 0 Å². The lowest BCUT2D eigenvalue weighted by molar-refractivity contribution is -0.384. The van der Waals surface area contributed by atoms with E-state index in [0.717, 1.165) is 30.0 Å². The fourth-order valence-electron chi connectivity index (χ4n) is 1.12. The monoisotopic (exact) mass is 261 g/mol. The van der Waals surface area contributed by atoms with Crippen LogP contribution in [0.15, 0.2) is 48.8 Å². The maximum atomic E-state index is 10.2. The van der Waals surface area contributed by atoms with Gasteiger partial charge in [-0.25, -0.2) is 4.98 Å². The number of benzene rings is 1. The predicted molar refractivity (Wildman–Crippen MR) is 64.8 cm³/mol. The van der Waals surface area contributed by atoms with Crippen molar-refractivity contribution < 1.29 is 19.8 Å². The number of nitrogens with two attached hydrogens (primary N) is 1. The lowest BCUT2D eigenvalue weighted by atomic mass is 10.2. The first-order valence-electron chi connectivity index (χ1n) is 5.18. The lowest BCUT2D eigenvalue weighted by Crippen LogP contribution is -2.21. The summed E-state index contributed by atoms with van der Waals surface area (Å²) in [4.78, 5) is 22.6. The number of anilines is 1. The fraction of sp³-hybridized carbons (Fsp3) is 0. The van der Waals surface area contributed by atoms with E-state index < -0.39 is 10.9 Å². The molecule has 0 spiro atoms.